The smallest absolute Gasteiger partial charge is 0.139 e. The highest BCUT2D eigenvalue weighted by Crippen LogP contribution is 2.24. The second kappa shape index (κ2) is 8.20. The van der Waals surface area contributed by atoms with E-state index < -0.39 is 0 Å². The Morgan fingerprint density at radius 2 is 1.90 bits per heavy atom. The zero-order chi connectivity index (χ0) is 20.2. The predicted molar refractivity (Wildman–Crippen MR) is 113 cm³/mol. The molecular weight excluding hydrogens is 358 g/mol. The number of pyridine rings is 1. The number of rotatable bonds is 6. The lowest BCUT2D eigenvalue weighted by Crippen LogP contribution is -2.10. The number of benzene rings is 2. The fourth-order valence-electron chi connectivity index (χ4n) is 3.70. The van der Waals surface area contributed by atoms with Crippen molar-refractivity contribution >= 4 is 11.5 Å². The molecule has 1 atom stereocenters. The Labute approximate surface area is 170 Å². The molecule has 0 saturated carbocycles. The molecule has 0 spiro atoms. The Morgan fingerprint density at radius 3 is 2.62 bits per heavy atom. The minimum atomic E-state index is 0.194. The van der Waals surface area contributed by atoms with Gasteiger partial charge in [-0.15, -0.1) is 0 Å². The van der Waals surface area contributed by atoms with E-state index in [0.29, 0.717) is 24.9 Å². The predicted octanol–water partition coefficient (Wildman–Crippen LogP) is 4.61. The van der Waals surface area contributed by atoms with Crippen molar-refractivity contribution in [3.05, 3.63) is 100 Å². The summed E-state index contributed by atoms with van der Waals surface area (Å²) >= 11 is 0. The minimum absolute atomic E-state index is 0.194. The molecule has 1 aliphatic heterocycles. The number of fused-ring (bicyclic) bond motifs is 1. The van der Waals surface area contributed by atoms with Crippen LogP contribution in [0.3, 0.4) is 0 Å². The highest BCUT2D eigenvalue weighted by atomic mass is 16.1. The third kappa shape index (κ3) is 4.14. The van der Waals surface area contributed by atoms with E-state index in [4.69, 9.17) is 5.26 Å². The number of hydrogen-bond acceptors (Lipinski definition) is 4. The van der Waals surface area contributed by atoms with Gasteiger partial charge in [-0.05, 0) is 35.2 Å². The molecule has 4 rings (SSSR count). The molecular formula is C25H21N3O. The van der Waals surface area contributed by atoms with Gasteiger partial charge < -0.3 is 0 Å². The van der Waals surface area contributed by atoms with Gasteiger partial charge in [-0.1, -0.05) is 49.4 Å². The second-order valence-electron chi connectivity index (χ2n) is 7.42. The molecule has 4 nitrogen and oxygen atoms in total. The number of nitrogens with zero attached hydrogens (tertiary/aromatic N) is 3. The summed E-state index contributed by atoms with van der Waals surface area (Å²) in [5.41, 5.74) is 6.58. The van der Waals surface area contributed by atoms with E-state index in [1.54, 1.807) is 12.1 Å². The lowest BCUT2D eigenvalue weighted by molar-refractivity contribution is -0.118. The zero-order valence-corrected chi connectivity index (χ0v) is 16.3. The molecule has 0 radical (unpaired) electrons. The topological polar surface area (TPSA) is 66.1 Å². The molecule has 0 bridgehead atoms. The van der Waals surface area contributed by atoms with Crippen molar-refractivity contribution in [1.82, 2.24) is 4.98 Å². The van der Waals surface area contributed by atoms with Crippen molar-refractivity contribution < 1.29 is 4.79 Å². The van der Waals surface area contributed by atoms with E-state index in [-0.39, 0.29) is 11.7 Å². The highest BCUT2D eigenvalue weighted by molar-refractivity contribution is 6.15. The number of nitriles is 1. The standard InChI is InChI=1S/C25H21N3O/c1-17(19-5-3-2-4-6-19)11-23(29)13-22-12-21-15-28-25(24(21)16-27-22)20-9-7-18(14-26)8-10-20/h2-10,12,16-17H,11,13,15H2,1H3/t17-/m0/s1. The molecule has 0 N–H and O–H groups in total. The highest BCUT2D eigenvalue weighted by Gasteiger charge is 2.20. The summed E-state index contributed by atoms with van der Waals surface area (Å²) in [7, 11) is 0. The third-order valence-electron chi connectivity index (χ3n) is 5.28. The van der Waals surface area contributed by atoms with E-state index in [1.807, 2.05) is 42.6 Å². The van der Waals surface area contributed by atoms with Gasteiger partial charge in [0.25, 0.3) is 0 Å². The summed E-state index contributed by atoms with van der Waals surface area (Å²) in [5.74, 6) is 0.393. The van der Waals surface area contributed by atoms with Gasteiger partial charge in [-0.3, -0.25) is 14.8 Å². The first-order valence-corrected chi connectivity index (χ1v) is 9.74. The van der Waals surface area contributed by atoms with Crippen molar-refractivity contribution in [2.24, 2.45) is 4.99 Å². The minimum Gasteiger partial charge on any atom is -0.299 e. The monoisotopic (exact) mass is 379 g/mol. The van der Waals surface area contributed by atoms with E-state index >= 15 is 0 Å². The lowest BCUT2D eigenvalue weighted by Gasteiger charge is -2.11. The quantitative estimate of drug-likeness (QED) is 0.628. The molecule has 3 aromatic rings. The number of aliphatic imine (C=N–C) groups is 1. The second-order valence-corrected chi connectivity index (χ2v) is 7.42. The van der Waals surface area contributed by atoms with Gasteiger partial charge in [0.1, 0.15) is 5.78 Å². The van der Waals surface area contributed by atoms with Crippen LogP contribution in [0.4, 0.5) is 0 Å². The van der Waals surface area contributed by atoms with Crippen molar-refractivity contribution in [2.45, 2.75) is 32.2 Å². The molecule has 0 amide bonds. The van der Waals surface area contributed by atoms with Crippen LogP contribution >= 0.6 is 0 Å². The van der Waals surface area contributed by atoms with Crippen LogP contribution in [0.15, 0.2) is 71.9 Å². The first kappa shape index (κ1) is 18.8. The maximum absolute atomic E-state index is 12.5. The van der Waals surface area contributed by atoms with Crippen molar-refractivity contribution in [3.8, 4) is 6.07 Å². The number of aromatic nitrogens is 1. The van der Waals surface area contributed by atoms with Gasteiger partial charge in [-0.2, -0.15) is 5.26 Å². The van der Waals surface area contributed by atoms with Gasteiger partial charge in [0.2, 0.25) is 0 Å². The van der Waals surface area contributed by atoms with Crippen molar-refractivity contribution in [3.63, 3.8) is 0 Å². The fourth-order valence-corrected chi connectivity index (χ4v) is 3.70. The van der Waals surface area contributed by atoms with E-state index in [0.717, 1.165) is 28.1 Å². The van der Waals surface area contributed by atoms with Crippen LogP contribution in [0.25, 0.3) is 0 Å². The summed E-state index contributed by atoms with van der Waals surface area (Å²) in [4.78, 5) is 21.7. The Kier molecular flexibility index (Phi) is 5.31. The molecule has 29 heavy (non-hydrogen) atoms. The molecule has 0 saturated heterocycles. The van der Waals surface area contributed by atoms with Crippen molar-refractivity contribution in [2.75, 3.05) is 0 Å². The Hall–Kier alpha value is -3.58. The molecule has 4 heteroatoms. The molecule has 0 fully saturated rings. The number of Topliss-reactive ketones (excluding diaryl/α,β-unsaturated/α-hetero) is 1. The van der Waals surface area contributed by atoms with Gasteiger partial charge in [-0.25, -0.2) is 0 Å². The summed E-state index contributed by atoms with van der Waals surface area (Å²) in [5, 5.41) is 8.96. The number of carbonyl (C=O) groups is 1. The maximum atomic E-state index is 12.5. The molecule has 142 valence electrons. The molecule has 0 unspecified atom stereocenters. The fraction of sp³-hybridized carbons (Fsp3) is 0.200. The molecule has 2 aromatic carbocycles. The first-order chi connectivity index (χ1) is 14.1. The Balaban J connectivity index is 1.44. The van der Waals surface area contributed by atoms with Crippen LogP contribution in [0.5, 0.6) is 0 Å². The van der Waals surface area contributed by atoms with Gasteiger partial charge in [0.05, 0.1) is 23.9 Å². The van der Waals surface area contributed by atoms with Gasteiger partial charge >= 0.3 is 0 Å². The Morgan fingerprint density at radius 1 is 1.14 bits per heavy atom. The first-order valence-electron chi connectivity index (χ1n) is 9.74. The van der Waals surface area contributed by atoms with Gasteiger partial charge in [0.15, 0.2) is 0 Å². The van der Waals surface area contributed by atoms with Crippen LogP contribution in [0.1, 0.15) is 52.8 Å². The molecule has 1 aliphatic rings. The average Bonchev–Trinajstić information content (AvgIpc) is 3.17. The third-order valence-corrected chi connectivity index (χ3v) is 5.28. The average molecular weight is 379 g/mol. The normalized spacial score (nSPS) is 13.3. The Bertz CT molecular complexity index is 1110. The summed E-state index contributed by atoms with van der Waals surface area (Å²) < 4.78 is 0. The molecule has 1 aromatic heterocycles. The van der Waals surface area contributed by atoms with Gasteiger partial charge in [0, 0.05) is 35.9 Å². The summed E-state index contributed by atoms with van der Waals surface area (Å²) in [6.07, 6.45) is 2.68. The SMILES string of the molecule is C[C@@H](CC(=O)Cc1cc2c(cn1)C(c1ccc(C#N)cc1)=NC2)c1ccccc1. The van der Waals surface area contributed by atoms with Crippen LogP contribution in [-0.4, -0.2) is 16.5 Å². The van der Waals surface area contributed by atoms with E-state index in [2.05, 4.69) is 35.1 Å². The summed E-state index contributed by atoms with van der Waals surface area (Å²) in [6, 6.07) is 21.7. The number of hydrogen-bond donors (Lipinski definition) is 0. The number of ketones is 1. The lowest BCUT2D eigenvalue weighted by atomic mass is 9.94. The summed E-state index contributed by atoms with van der Waals surface area (Å²) in [6.45, 7) is 2.68. The number of carbonyl (C=O) groups excluding carboxylic acids is 1. The van der Waals surface area contributed by atoms with E-state index in [1.165, 1.54) is 5.56 Å². The van der Waals surface area contributed by atoms with Crippen LogP contribution in [0, 0.1) is 11.3 Å². The van der Waals surface area contributed by atoms with Crippen molar-refractivity contribution in [1.29, 1.82) is 5.26 Å². The maximum Gasteiger partial charge on any atom is 0.139 e. The zero-order valence-electron chi connectivity index (χ0n) is 16.3. The van der Waals surface area contributed by atoms with Crippen LogP contribution in [-0.2, 0) is 17.8 Å². The largest absolute Gasteiger partial charge is 0.299 e. The molecule has 2 heterocycles. The molecule has 0 aliphatic carbocycles. The van der Waals surface area contributed by atoms with Crippen LogP contribution < -0.4 is 0 Å². The van der Waals surface area contributed by atoms with E-state index in [9.17, 15) is 4.79 Å². The van der Waals surface area contributed by atoms with Crippen LogP contribution in [0.2, 0.25) is 0 Å².